The van der Waals surface area contributed by atoms with Crippen LogP contribution in [0.1, 0.15) is 25.0 Å². The molecule has 2 aromatic carbocycles. The summed E-state index contributed by atoms with van der Waals surface area (Å²) >= 11 is 0. The number of carbonyl (C=O) groups is 1. The fraction of sp³-hybridized carbons (Fsp3) is 0.238. The second-order valence-corrected chi connectivity index (χ2v) is 5.61. The van der Waals surface area contributed by atoms with E-state index in [1.165, 1.54) is 0 Å². The van der Waals surface area contributed by atoms with Gasteiger partial charge in [-0.3, -0.25) is 0 Å². The van der Waals surface area contributed by atoms with E-state index in [1.807, 2.05) is 44.2 Å². The van der Waals surface area contributed by atoms with Gasteiger partial charge in [0, 0.05) is 0 Å². The van der Waals surface area contributed by atoms with E-state index in [4.69, 9.17) is 18.9 Å². The highest BCUT2D eigenvalue weighted by molar-refractivity contribution is 6.13. The smallest absolute Gasteiger partial charge is 0.363 e. The number of hydrogen-bond donors (Lipinski definition) is 0. The third-order valence-electron chi connectivity index (χ3n) is 3.83. The number of rotatable bonds is 7. The Balaban J connectivity index is 1.93. The van der Waals surface area contributed by atoms with Crippen molar-refractivity contribution in [3.63, 3.8) is 0 Å². The van der Waals surface area contributed by atoms with Crippen molar-refractivity contribution >= 4 is 17.9 Å². The molecule has 0 radical (unpaired) electrons. The zero-order valence-electron chi connectivity index (χ0n) is 15.5. The van der Waals surface area contributed by atoms with Crippen LogP contribution in [0.25, 0.3) is 6.08 Å². The number of cyclic esters (lactones) is 1. The largest absolute Gasteiger partial charge is 0.496 e. The lowest BCUT2D eigenvalue weighted by molar-refractivity contribution is -0.129. The summed E-state index contributed by atoms with van der Waals surface area (Å²) < 4.78 is 21.8. The Morgan fingerprint density at radius 3 is 2.48 bits per heavy atom. The quantitative estimate of drug-likeness (QED) is 0.549. The van der Waals surface area contributed by atoms with E-state index in [9.17, 15) is 4.79 Å². The molecule has 1 aliphatic rings. The number of carbonyl (C=O) groups excluding carboxylic acids is 1. The molecule has 0 spiro atoms. The number of aliphatic imine (C=N–C) groups is 1. The number of para-hydroxylation sites is 1. The maximum absolute atomic E-state index is 12.2. The van der Waals surface area contributed by atoms with Gasteiger partial charge >= 0.3 is 5.97 Å². The average molecular weight is 367 g/mol. The van der Waals surface area contributed by atoms with E-state index in [0.29, 0.717) is 36.0 Å². The van der Waals surface area contributed by atoms with Crippen LogP contribution in [-0.4, -0.2) is 32.2 Å². The van der Waals surface area contributed by atoms with Crippen LogP contribution >= 0.6 is 0 Å². The van der Waals surface area contributed by atoms with Crippen molar-refractivity contribution in [3.05, 3.63) is 59.3 Å². The fourth-order valence-electron chi connectivity index (χ4n) is 2.66. The van der Waals surface area contributed by atoms with Crippen LogP contribution in [0.4, 0.5) is 0 Å². The zero-order valence-corrected chi connectivity index (χ0v) is 15.5. The molecule has 0 saturated carbocycles. The molecule has 3 rings (SSSR count). The summed E-state index contributed by atoms with van der Waals surface area (Å²) in [6, 6.07) is 12.7. The van der Waals surface area contributed by atoms with Gasteiger partial charge in [-0.05, 0) is 49.8 Å². The molecule has 140 valence electrons. The topological polar surface area (TPSA) is 66.3 Å². The number of nitrogens with zero attached hydrogens (tertiary/aromatic N) is 1. The first-order chi connectivity index (χ1) is 13.2. The van der Waals surface area contributed by atoms with Gasteiger partial charge in [-0.25, -0.2) is 9.79 Å². The molecular formula is C21H21NO5. The van der Waals surface area contributed by atoms with Crippen LogP contribution in [0.15, 0.2) is 53.2 Å². The first-order valence-electron chi connectivity index (χ1n) is 8.71. The first kappa shape index (κ1) is 18.5. The predicted molar refractivity (Wildman–Crippen MR) is 102 cm³/mol. The molecule has 1 heterocycles. The first-order valence-corrected chi connectivity index (χ1v) is 8.71. The molecule has 0 fully saturated rings. The number of esters is 1. The van der Waals surface area contributed by atoms with Gasteiger partial charge in [0.05, 0.1) is 25.9 Å². The van der Waals surface area contributed by atoms with Crippen molar-refractivity contribution in [1.29, 1.82) is 0 Å². The SMILES string of the molecule is CCOc1ccc(/C=C2/N=C(c3ccccc3OC)OC2=O)cc1OCC. The second-order valence-electron chi connectivity index (χ2n) is 5.61. The Morgan fingerprint density at radius 1 is 1.00 bits per heavy atom. The van der Waals surface area contributed by atoms with Crippen molar-refractivity contribution in [2.24, 2.45) is 4.99 Å². The Labute approximate surface area is 158 Å². The number of benzene rings is 2. The van der Waals surface area contributed by atoms with Crippen molar-refractivity contribution in [2.75, 3.05) is 20.3 Å². The molecule has 2 aromatic rings. The molecule has 0 atom stereocenters. The second kappa shape index (κ2) is 8.40. The summed E-state index contributed by atoms with van der Waals surface area (Å²) in [6.07, 6.45) is 1.66. The summed E-state index contributed by atoms with van der Waals surface area (Å²) in [6.45, 7) is 4.87. The van der Waals surface area contributed by atoms with Crippen LogP contribution in [0, 0.1) is 0 Å². The lowest BCUT2D eigenvalue weighted by Gasteiger charge is -2.11. The molecule has 0 amide bonds. The highest BCUT2D eigenvalue weighted by atomic mass is 16.6. The van der Waals surface area contributed by atoms with Gasteiger partial charge in [0.2, 0.25) is 5.90 Å². The Kier molecular flexibility index (Phi) is 5.76. The molecular weight excluding hydrogens is 346 g/mol. The van der Waals surface area contributed by atoms with E-state index < -0.39 is 5.97 Å². The van der Waals surface area contributed by atoms with Crippen LogP contribution < -0.4 is 14.2 Å². The summed E-state index contributed by atoms with van der Waals surface area (Å²) in [5.74, 6) is 1.58. The third kappa shape index (κ3) is 4.11. The van der Waals surface area contributed by atoms with Crippen LogP contribution in [-0.2, 0) is 9.53 Å². The summed E-state index contributed by atoms with van der Waals surface area (Å²) in [7, 11) is 1.56. The lowest BCUT2D eigenvalue weighted by atomic mass is 10.1. The fourth-order valence-corrected chi connectivity index (χ4v) is 2.66. The maximum atomic E-state index is 12.2. The molecule has 1 aliphatic heterocycles. The van der Waals surface area contributed by atoms with Gasteiger partial charge < -0.3 is 18.9 Å². The van der Waals surface area contributed by atoms with Gasteiger partial charge in [-0.1, -0.05) is 18.2 Å². The predicted octanol–water partition coefficient (Wildman–Crippen LogP) is 3.84. The van der Waals surface area contributed by atoms with E-state index in [-0.39, 0.29) is 11.6 Å². The highest BCUT2D eigenvalue weighted by Crippen LogP contribution is 2.30. The van der Waals surface area contributed by atoms with Crippen molar-refractivity contribution in [3.8, 4) is 17.2 Å². The van der Waals surface area contributed by atoms with Crippen LogP contribution in [0.5, 0.6) is 17.2 Å². The maximum Gasteiger partial charge on any atom is 0.363 e. The molecule has 27 heavy (non-hydrogen) atoms. The van der Waals surface area contributed by atoms with Crippen molar-refractivity contribution in [1.82, 2.24) is 0 Å². The summed E-state index contributed by atoms with van der Waals surface area (Å²) in [5, 5.41) is 0. The number of ether oxygens (including phenoxy) is 4. The number of hydrogen-bond acceptors (Lipinski definition) is 6. The Bertz CT molecular complexity index is 901. The standard InChI is InChI=1S/C21H21NO5/c1-4-25-18-11-10-14(13-19(18)26-5-2)12-16-21(23)27-20(22-16)15-8-6-7-9-17(15)24-3/h6-13H,4-5H2,1-3H3/b16-12+. The highest BCUT2D eigenvalue weighted by Gasteiger charge is 2.26. The van der Waals surface area contributed by atoms with Gasteiger partial charge in [0.1, 0.15) is 5.75 Å². The molecule has 0 unspecified atom stereocenters. The molecule has 6 heteroatoms. The van der Waals surface area contributed by atoms with Gasteiger partial charge in [0.25, 0.3) is 0 Å². The monoisotopic (exact) mass is 367 g/mol. The van der Waals surface area contributed by atoms with Gasteiger partial charge in [-0.15, -0.1) is 0 Å². The summed E-state index contributed by atoms with van der Waals surface area (Å²) in [4.78, 5) is 16.6. The minimum Gasteiger partial charge on any atom is -0.496 e. The average Bonchev–Trinajstić information content (AvgIpc) is 3.04. The van der Waals surface area contributed by atoms with Crippen molar-refractivity contribution in [2.45, 2.75) is 13.8 Å². The van der Waals surface area contributed by atoms with Gasteiger partial charge in [0.15, 0.2) is 17.2 Å². The Morgan fingerprint density at radius 2 is 1.74 bits per heavy atom. The van der Waals surface area contributed by atoms with Gasteiger partial charge in [-0.2, -0.15) is 0 Å². The van der Waals surface area contributed by atoms with E-state index in [2.05, 4.69) is 4.99 Å². The van der Waals surface area contributed by atoms with Crippen molar-refractivity contribution < 1.29 is 23.7 Å². The number of methoxy groups -OCH3 is 1. The minimum atomic E-state index is -0.511. The van der Waals surface area contributed by atoms with Crippen LogP contribution in [0.3, 0.4) is 0 Å². The Hall–Kier alpha value is -3.28. The normalized spacial score (nSPS) is 14.7. The third-order valence-corrected chi connectivity index (χ3v) is 3.83. The summed E-state index contributed by atoms with van der Waals surface area (Å²) in [5.41, 5.74) is 1.60. The van der Waals surface area contributed by atoms with Crippen LogP contribution in [0.2, 0.25) is 0 Å². The van der Waals surface area contributed by atoms with E-state index in [1.54, 1.807) is 25.3 Å². The zero-order chi connectivity index (χ0) is 19.2. The lowest BCUT2D eigenvalue weighted by Crippen LogP contribution is -2.06. The molecule has 0 aliphatic carbocycles. The molecule has 0 N–H and O–H groups in total. The molecule has 0 saturated heterocycles. The minimum absolute atomic E-state index is 0.211. The van der Waals surface area contributed by atoms with E-state index in [0.717, 1.165) is 5.56 Å². The molecule has 0 aromatic heterocycles. The molecule has 6 nitrogen and oxygen atoms in total. The molecule has 0 bridgehead atoms. The van der Waals surface area contributed by atoms with E-state index >= 15 is 0 Å².